The van der Waals surface area contributed by atoms with Crippen molar-refractivity contribution in [1.29, 1.82) is 0 Å². The molecule has 43 heavy (non-hydrogen) atoms. The van der Waals surface area contributed by atoms with Crippen molar-refractivity contribution >= 4 is 29.2 Å². The maximum Gasteiger partial charge on any atom is 0.339 e. The van der Waals surface area contributed by atoms with Crippen LogP contribution in [0.25, 0.3) is 0 Å². The van der Waals surface area contributed by atoms with E-state index in [4.69, 9.17) is 19.0 Å². The van der Waals surface area contributed by atoms with E-state index in [1.807, 2.05) is 27.7 Å². The fraction of sp³-hybridized carbons (Fsp3) is 0.529. The van der Waals surface area contributed by atoms with Gasteiger partial charge in [-0.2, -0.15) is 0 Å². The topological polar surface area (TPSA) is 117 Å². The average molecular weight is 598 g/mol. The Bertz CT molecular complexity index is 1180. The molecule has 0 radical (unpaired) electrons. The number of ketones is 2. The minimum Gasteiger partial charge on any atom is -0.494 e. The molecule has 0 heterocycles. The highest BCUT2D eigenvalue weighted by atomic mass is 16.6. The molecule has 0 fully saturated rings. The van der Waals surface area contributed by atoms with Crippen LogP contribution in [0.3, 0.4) is 0 Å². The summed E-state index contributed by atoms with van der Waals surface area (Å²) >= 11 is 0. The van der Waals surface area contributed by atoms with Crippen LogP contribution < -0.4 is 10.2 Å². The normalized spacial score (nSPS) is 11.5. The van der Waals surface area contributed by atoms with Crippen LogP contribution >= 0.6 is 0 Å². The number of nitrogens with one attached hydrogen (secondary N) is 1. The van der Waals surface area contributed by atoms with E-state index in [0.29, 0.717) is 55.8 Å². The largest absolute Gasteiger partial charge is 0.494 e. The van der Waals surface area contributed by atoms with Crippen LogP contribution in [0.1, 0.15) is 114 Å². The molecule has 0 atom stereocenters. The Kier molecular flexibility index (Phi) is 14.4. The van der Waals surface area contributed by atoms with E-state index >= 15 is 0 Å². The second kappa shape index (κ2) is 17.4. The lowest BCUT2D eigenvalue weighted by atomic mass is 9.87. The first-order valence-electron chi connectivity index (χ1n) is 15.3. The molecule has 0 saturated heterocycles. The van der Waals surface area contributed by atoms with Crippen LogP contribution in [0, 0.1) is 0 Å². The van der Waals surface area contributed by atoms with Gasteiger partial charge in [-0.3, -0.25) is 24.7 Å². The quantitative estimate of drug-likeness (QED) is 0.0727. The van der Waals surface area contributed by atoms with Crippen molar-refractivity contribution in [2.45, 2.75) is 104 Å². The van der Waals surface area contributed by atoms with Gasteiger partial charge in [-0.05, 0) is 100 Å². The lowest BCUT2D eigenvalue weighted by molar-refractivity contribution is -0.153. The molecule has 0 aliphatic heterocycles. The van der Waals surface area contributed by atoms with Gasteiger partial charge in [0.05, 0.1) is 24.5 Å². The van der Waals surface area contributed by atoms with Gasteiger partial charge in [-0.15, -0.1) is 0 Å². The Morgan fingerprint density at radius 3 is 1.70 bits per heavy atom. The van der Waals surface area contributed by atoms with Crippen LogP contribution in [-0.4, -0.2) is 47.9 Å². The van der Waals surface area contributed by atoms with Crippen molar-refractivity contribution in [3.63, 3.8) is 0 Å². The zero-order valence-electron chi connectivity index (χ0n) is 26.5. The lowest BCUT2D eigenvalue weighted by Gasteiger charge is -2.29. The predicted molar refractivity (Wildman–Crippen MR) is 165 cm³/mol. The highest BCUT2D eigenvalue weighted by Crippen LogP contribution is 2.27. The first kappa shape index (κ1) is 35.5. The molecule has 236 valence electrons. The molecule has 0 unspecified atom stereocenters. The number of carbonyl (C=O) groups excluding carboxylic acids is 4. The Balaban J connectivity index is 1.65. The molecule has 2 rings (SSSR count). The van der Waals surface area contributed by atoms with Crippen molar-refractivity contribution in [2.75, 3.05) is 18.7 Å². The third-order valence-electron chi connectivity index (χ3n) is 7.80. The highest BCUT2D eigenvalue weighted by Gasteiger charge is 2.39. The summed E-state index contributed by atoms with van der Waals surface area (Å²) in [6.07, 6.45) is 5.39. The SMILES string of the molecule is CCC(CC)(OC(=O)c1ccc(OCCCCCCONc2ccc(C(=O)C(CC)(CC)OC(C)=O)cc2)cc1)C(C)=O. The van der Waals surface area contributed by atoms with E-state index in [1.165, 1.54) is 13.8 Å². The minimum absolute atomic E-state index is 0.150. The number of Topliss-reactive ketones (excluding diaryl/α,β-unsaturated/α-hetero) is 2. The Hall–Kier alpha value is -3.72. The Labute approximate surface area is 255 Å². The second-order valence-electron chi connectivity index (χ2n) is 10.6. The first-order valence-corrected chi connectivity index (χ1v) is 15.3. The van der Waals surface area contributed by atoms with Gasteiger partial charge >= 0.3 is 11.9 Å². The van der Waals surface area contributed by atoms with Gasteiger partial charge in [0, 0.05) is 12.5 Å². The summed E-state index contributed by atoms with van der Waals surface area (Å²) in [5.74, 6) is -0.669. The fourth-order valence-electron chi connectivity index (χ4n) is 4.83. The van der Waals surface area contributed by atoms with Crippen molar-refractivity contribution in [3.8, 4) is 5.75 Å². The average Bonchev–Trinajstić information content (AvgIpc) is 3.01. The smallest absolute Gasteiger partial charge is 0.339 e. The fourth-order valence-corrected chi connectivity index (χ4v) is 4.83. The zero-order valence-corrected chi connectivity index (χ0v) is 26.5. The molecule has 9 heteroatoms. The van der Waals surface area contributed by atoms with Crippen molar-refractivity contribution in [3.05, 3.63) is 59.7 Å². The summed E-state index contributed by atoms with van der Waals surface area (Å²) < 4.78 is 16.8. The summed E-state index contributed by atoms with van der Waals surface area (Å²) in [7, 11) is 0. The second-order valence-corrected chi connectivity index (χ2v) is 10.6. The van der Waals surface area contributed by atoms with Crippen LogP contribution in [0.4, 0.5) is 5.69 Å². The van der Waals surface area contributed by atoms with E-state index in [-0.39, 0.29) is 11.6 Å². The summed E-state index contributed by atoms with van der Waals surface area (Å²) in [6.45, 7) is 11.2. The van der Waals surface area contributed by atoms with Crippen molar-refractivity contribution in [1.82, 2.24) is 0 Å². The molecule has 2 aromatic rings. The van der Waals surface area contributed by atoms with Gasteiger partial charge in [0.15, 0.2) is 17.0 Å². The van der Waals surface area contributed by atoms with Gasteiger partial charge < -0.3 is 14.2 Å². The molecule has 0 aliphatic rings. The Morgan fingerprint density at radius 1 is 0.651 bits per heavy atom. The molecule has 1 N–H and O–H groups in total. The van der Waals surface area contributed by atoms with E-state index in [9.17, 15) is 19.2 Å². The number of benzene rings is 2. The molecule has 0 saturated carbocycles. The predicted octanol–water partition coefficient (Wildman–Crippen LogP) is 7.28. The molecular weight excluding hydrogens is 550 g/mol. The summed E-state index contributed by atoms with van der Waals surface area (Å²) in [4.78, 5) is 54.7. The van der Waals surface area contributed by atoms with Crippen LogP contribution in [0.2, 0.25) is 0 Å². The number of carbonyl (C=O) groups is 4. The number of anilines is 1. The summed E-state index contributed by atoms with van der Waals surface area (Å²) in [5.41, 5.74) is 2.27. The van der Waals surface area contributed by atoms with Gasteiger partial charge in [0.2, 0.25) is 5.78 Å². The maximum absolute atomic E-state index is 13.0. The molecule has 0 spiro atoms. The molecule has 0 aliphatic carbocycles. The van der Waals surface area contributed by atoms with Crippen molar-refractivity contribution in [2.24, 2.45) is 0 Å². The molecule has 0 aromatic heterocycles. The number of hydrogen-bond donors (Lipinski definition) is 1. The lowest BCUT2D eigenvalue weighted by Crippen LogP contribution is -2.42. The van der Waals surface area contributed by atoms with E-state index in [1.54, 1.807) is 48.5 Å². The third-order valence-corrected chi connectivity index (χ3v) is 7.80. The standard InChI is InChI=1S/C34H47NO8/c1-7-33(8-2,25(5)36)43-32(39)28-17-21-30(22-18-28)40-23-13-11-12-14-24-41-35-29-19-15-27(16-20-29)31(38)34(9-3,10-4)42-26(6)37/h15-22,35H,7-14,23-24H2,1-6H3. The van der Waals surface area contributed by atoms with Gasteiger partial charge in [-0.25, -0.2) is 4.79 Å². The van der Waals surface area contributed by atoms with E-state index < -0.39 is 23.1 Å². The minimum atomic E-state index is -1.14. The first-order chi connectivity index (χ1) is 20.6. The van der Waals surface area contributed by atoms with Gasteiger partial charge in [-0.1, -0.05) is 34.1 Å². The maximum atomic E-state index is 13.0. The van der Waals surface area contributed by atoms with E-state index in [2.05, 4.69) is 5.48 Å². The third kappa shape index (κ3) is 10.2. The summed E-state index contributed by atoms with van der Waals surface area (Å²) in [5, 5.41) is 0. The van der Waals surface area contributed by atoms with E-state index in [0.717, 1.165) is 31.4 Å². The van der Waals surface area contributed by atoms with Crippen LogP contribution in [0.15, 0.2) is 48.5 Å². The van der Waals surface area contributed by atoms with Gasteiger partial charge in [0.25, 0.3) is 0 Å². The number of hydrogen-bond acceptors (Lipinski definition) is 9. The summed E-state index contributed by atoms with van der Waals surface area (Å²) in [6, 6.07) is 13.7. The molecule has 0 bridgehead atoms. The number of rotatable bonds is 20. The molecule has 9 nitrogen and oxygen atoms in total. The molecule has 2 aromatic carbocycles. The molecular formula is C34H47NO8. The number of unbranched alkanes of at least 4 members (excludes halogenated alkanes) is 3. The van der Waals surface area contributed by atoms with Crippen LogP contribution in [-0.2, 0) is 23.9 Å². The Morgan fingerprint density at radius 2 is 1.19 bits per heavy atom. The van der Waals surface area contributed by atoms with Crippen LogP contribution in [0.5, 0.6) is 5.75 Å². The van der Waals surface area contributed by atoms with Crippen molar-refractivity contribution < 1.29 is 38.2 Å². The zero-order chi connectivity index (χ0) is 31.9. The highest BCUT2D eigenvalue weighted by molar-refractivity contribution is 6.03. The number of ether oxygens (including phenoxy) is 3. The monoisotopic (exact) mass is 597 g/mol. The molecule has 0 amide bonds. The van der Waals surface area contributed by atoms with Gasteiger partial charge in [0.1, 0.15) is 5.75 Å². The number of esters is 2.